The Labute approximate surface area is 291 Å². The Morgan fingerprint density at radius 3 is 2.19 bits per heavy atom. The van der Waals surface area contributed by atoms with Crippen molar-refractivity contribution < 1.29 is 24.6 Å². The highest BCUT2D eigenvalue weighted by Gasteiger charge is 2.71. The van der Waals surface area contributed by atoms with Crippen molar-refractivity contribution in [2.45, 2.75) is 150 Å². The van der Waals surface area contributed by atoms with Gasteiger partial charge >= 0.3 is 5.97 Å². The molecule has 0 spiro atoms. The molecule has 0 aromatic heterocycles. The second-order valence-corrected chi connectivity index (χ2v) is 18.6. The third-order valence-electron chi connectivity index (χ3n) is 16.1. The maximum Gasteiger partial charge on any atom is 0.323 e. The number of rotatable bonds is 12. The second kappa shape index (κ2) is 13.7. The predicted molar refractivity (Wildman–Crippen MR) is 191 cm³/mol. The molecule has 5 aliphatic rings. The first-order valence-electron chi connectivity index (χ1n) is 19.5. The van der Waals surface area contributed by atoms with E-state index in [1.165, 1.54) is 36.2 Å². The molecule has 0 aromatic rings. The number of aliphatic hydroxyl groups is 1. The summed E-state index contributed by atoms with van der Waals surface area (Å²) in [6.07, 6.45) is 15.9. The van der Waals surface area contributed by atoms with Gasteiger partial charge in [-0.05, 0) is 135 Å². The van der Waals surface area contributed by atoms with Crippen LogP contribution in [-0.2, 0) is 14.4 Å². The number of aliphatic carboxylic acids is 1. The van der Waals surface area contributed by atoms with Gasteiger partial charge in [0.25, 0.3) is 0 Å². The number of carbonyl (C=O) groups excluding carboxylic acids is 2. The molecule has 272 valence electrons. The van der Waals surface area contributed by atoms with Gasteiger partial charge in [0, 0.05) is 20.0 Å². The molecule has 0 saturated heterocycles. The topological polar surface area (TPSA) is 107 Å². The molecule has 10 atom stereocenters. The van der Waals surface area contributed by atoms with Crippen molar-refractivity contribution in [3.8, 4) is 0 Å². The maximum atomic E-state index is 14.4. The lowest BCUT2D eigenvalue weighted by Crippen LogP contribution is -2.67. The highest BCUT2D eigenvalue weighted by molar-refractivity contribution is 5.84. The Bertz CT molecular complexity index is 1250. The van der Waals surface area contributed by atoms with Crippen molar-refractivity contribution in [3.63, 3.8) is 0 Å². The van der Waals surface area contributed by atoms with Crippen LogP contribution in [0.1, 0.15) is 144 Å². The summed E-state index contributed by atoms with van der Waals surface area (Å²) in [5.74, 6) is 1.70. The SMILES string of the molecule is C=C(C)[C@@H]1CC[C@]2(C(=O)NCCCCCCCC(=O)N(C)CC(=O)O)CC[C@]3(C)[C@H](CCC4[C@@]5(C)CC[C@H](O)C(C)(C)[C@@H]5CC[C@]43C)[C@@H]12. The molecule has 7 heteroatoms. The summed E-state index contributed by atoms with van der Waals surface area (Å²) < 4.78 is 0. The number of amides is 2. The van der Waals surface area contributed by atoms with Crippen molar-refractivity contribution in [2.24, 2.45) is 56.7 Å². The fraction of sp³-hybridized carbons (Fsp3) is 0.878. The highest BCUT2D eigenvalue weighted by atomic mass is 16.4. The first-order valence-corrected chi connectivity index (χ1v) is 19.5. The second-order valence-electron chi connectivity index (χ2n) is 18.6. The quantitative estimate of drug-likeness (QED) is 0.144. The third kappa shape index (κ3) is 6.08. The van der Waals surface area contributed by atoms with E-state index in [2.05, 4.69) is 53.4 Å². The number of nitrogens with one attached hydrogen (secondary N) is 1. The van der Waals surface area contributed by atoms with Gasteiger partial charge in [0.05, 0.1) is 11.5 Å². The van der Waals surface area contributed by atoms with E-state index in [0.29, 0.717) is 42.6 Å². The lowest BCUT2D eigenvalue weighted by Gasteiger charge is -2.72. The number of carboxylic acids is 1. The maximum absolute atomic E-state index is 14.4. The van der Waals surface area contributed by atoms with Crippen molar-refractivity contribution in [3.05, 3.63) is 12.2 Å². The molecule has 7 nitrogen and oxygen atoms in total. The van der Waals surface area contributed by atoms with Gasteiger partial charge in [-0.25, -0.2) is 0 Å². The zero-order chi connectivity index (χ0) is 35.3. The average molecular weight is 669 g/mol. The van der Waals surface area contributed by atoms with Crippen LogP contribution in [0.15, 0.2) is 12.2 Å². The number of nitrogens with zero attached hydrogens (tertiary/aromatic N) is 1. The molecule has 5 rings (SSSR count). The molecule has 48 heavy (non-hydrogen) atoms. The van der Waals surface area contributed by atoms with Gasteiger partial charge in [-0.15, -0.1) is 0 Å². The Morgan fingerprint density at radius 1 is 0.812 bits per heavy atom. The first-order chi connectivity index (χ1) is 22.5. The highest BCUT2D eigenvalue weighted by Crippen LogP contribution is 2.77. The van der Waals surface area contributed by atoms with Gasteiger partial charge in [0.1, 0.15) is 6.54 Å². The van der Waals surface area contributed by atoms with Crippen LogP contribution in [0.25, 0.3) is 0 Å². The van der Waals surface area contributed by atoms with Crippen LogP contribution >= 0.6 is 0 Å². The van der Waals surface area contributed by atoms with E-state index < -0.39 is 5.97 Å². The number of allylic oxidation sites excluding steroid dienone is 1. The monoisotopic (exact) mass is 669 g/mol. The Hall–Kier alpha value is -1.89. The van der Waals surface area contributed by atoms with Crippen LogP contribution in [0.4, 0.5) is 0 Å². The summed E-state index contributed by atoms with van der Waals surface area (Å²) in [6, 6.07) is 0. The number of carboxylic acid groups (broad SMARTS) is 1. The number of likely N-dealkylation sites (N-methyl/N-ethyl adjacent to an activating group) is 1. The van der Waals surface area contributed by atoms with E-state index in [0.717, 1.165) is 70.6 Å². The summed E-state index contributed by atoms with van der Waals surface area (Å²) in [5, 5.41) is 23.4. The van der Waals surface area contributed by atoms with Gasteiger partial charge in [0.2, 0.25) is 11.8 Å². The molecule has 5 saturated carbocycles. The predicted octanol–water partition coefficient (Wildman–Crippen LogP) is 8.00. The Morgan fingerprint density at radius 2 is 1.50 bits per heavy atom. The number of aliphatic hydroxyl groups excluding tert-OH is 1. The number of carbonyl (C=O) groups is 3. The number of hydrogen-bond acceptors (Lipinski definition) is 4. The molecular weight excluding hydrogens is 600 g/mol. The molecule has 5 aliphatic carbocycles. The normalized spacial score (nSPS) is 41.2. The van der Waals surface area contributed by atoms with Crippen LogP contribution in [0, 0.1) is 56.7 Å². The molecule has 1 unspecified atom stereocenters. The molecule has 0 radical (unpaired) electrons. The van der Waals surface area contributed by atoms with E-state index in [-0.39, 0.29) is 51.5 Å². The number of unbranched alkanes of at least 4 members (excludes halogenated alkanes) is 4. The van der Waals surface area contributed by atoms with E-state index >= 15 is 0 Å². The summed E-state index contributed by atoms with van der Waals surface area (Å²) in [7, 11) is 1.54. The Kier molecular flexibility index (Phi) is 10.6. The molecular formula is C41H68N2O5. The number of hydrogen-bond donors (Lipinski definition) is 3. The van der Waals surface area contributed by atoms with Crippen molar-refractivity contribution in [2.75, 3.05) is 20.1 Å². The third-order valence-corrected chi connectivity index (χ3v) is 16.1. The van der Waals surface area contributed by atoms with Gasteiger partial charge in [-0.1, -0.05) is 66.0 Å². The van der Waals surface area contributed by atoms with Crippen LogP contribution in [-0.4, -0.2) is 59.1 Å². The van der Waals surface area contributed by atoms with Crippen LogP contribution in [0.3, 0.4) is 0 Å². The van der Waals surface area contributed by atoms with Gasteiger partial charge in [-0.2, -0.15) is 0 Å². The van der Waals surface area contributed by atoms with Gasteiger partial charge in [0.15, 0.2) is 0 Å². The van der Waals surface area contributed by atoms with E-state index in [1.807, 2.05) is 0 Å². The molecule has 3 N–H and O–H groups in total. The van der Waals surface area contributed by atoms with Crippen LogP contribution < -0.4 is 5.32 Å². The number of fused-ring (bicyclic) bond motifs is 7. The average Bonchev–Trinajstić information content (AvgIpc) is 3.42. The van der Waals surface area contributed by atoms with Gasteiger partial charge in [-0.3, -0.25) is 14.4 Å². The zero-order valence-corrected chi connectivity index (χ0v) is 31.5. The van der Waals surface area contributed by atoms with Crippen molar-refractivity contribution >= 4 is 17.8 Å². The largest absolute Gasteiger partial charge is 0.480 e. The smallest absolute Gasteiger partial charge is 0.323 e. The van der Waals surface area contributed by atoms with Crippen molar-refractivity contribution in [1.29, 1.82) is 0 Å². The van der Waals surface area contributed by atoms with E-state index in [1.54, 1.807) is 7.05 Å². The van der Waals surface area contributed by atoms with E-state index in [4.69, 9.17) is 5.11 Å². The zero-order valence-electron chi connectivity index (χ0n) is 31.5. The molecule has 0 bridgehead atoms. The first kappa shape index (κ1) is 37.4. The molecule has 2 amide bonds. The van der Waals surface area contributed by atoms with Crippen molar-refractivity contribution in [1.82, 2.24) is 10.2 Å². The van der Waals surface area contributed by atoms with Crippen LogP contribution in [0.5, 0.6) is 0 Å². The Balaban J connectivity index is 1.23. The summed E-state index contributed by atoms with van der Waals surface area (Å²) in [5.41, 5.74) is 1.61. The lowest BCUT2D eigenvalue weighted by molar-refractivity contribution is -0.246. The lowest BCUT2D eigenvalue weighted by atomic mass is 9.32. The minimum atomic E-state index is -0.988. The minimum absolute atomic E-state index is 0.0399. The standard InChI is InChI=1S/C41H68N2O5/c1-27(2)28-17-22-41(36(48)42-25-13-11-9-10-12-14-33(45)43(8)26-34(46)47)24-23-39(6)29(35(28)41)15-16-31-38(5)20-19-32(44)37(3,4)30(38)18-21-40(31,39)7/h28-32,35,44H,1,9-26H2,2-8H3,(H,42,48)(H,46,47)/t28-,29+,30-,31?,32-,35+,38-,39+,40+,41-/m0/s1. The molecule has 0 aliphatic heterocycles. The minimum Gasteiger partial charge on any atom is -0.480 e. The van der Waals surface area contributed by atoms with Gasteiger partial charge < -0.3 is 20.4 Å². The van der Waals surface area contributed by atoms with Crippen LogP contribution in [0.2, 0.25) is 0 Å². The summed E-state index contributed by atoms with van der Waals surface area (Å²) in [6.45, 7) is 19.7. The molecule has 0 heterocycles. The fourth-order valence-electron chi connectivity index (χ4n) is 13.3. The molecule has 0 aromatic carbocycles. The molecule has 5 fully saturated rings. The van der Waals surface area contributed by atoms with E-state index in [9.17, 15) is 19.5 Å². The summed E-state index contributed by atoms with van der Waals surface area (Å²) >= 11 is 0. The fourth-order valence-corrected chi connectivity index (χ4v) is 13.3. The summed E-state index contributed by atoms with van der Waals surface area (Å²) in [4.78, 5) is 38.6.